The topological polar surface area (TPSA) is 87.2 Å². The first kappa shape index (κ1) is 11.5. The molecule has 2 aromatic rings. The van der Waals surface area contributed by atoms with Gasteiger partial charge in [0.25, 0.3) is 0 Å². The Labute approximate surface area is 98.8 Å². The summed E-state index contributed by atoms with van der Waals surface area (Å²) in [6, 6.07) is 6.13. The van der Waals surface area contributed by atoms with Gasteiger partial charge in [-0.05, 0) is 19.1 Å². The number of aromatic nitrogens is 2. The molecule has 0 saturated carbocycles. The molecule has 1 aromatic carbocycles. The largest absolute Gasteiger partial charge is 0.341 e. The number of benzene rings is 1. The second-order valence-electron chi connectivity index (χ2n) is 3.47. The molecule has 0 unspecified atom stereocenters. The molecule has 7 heteroatoms. The molecule has 0 aliphatic rings. The lowest BCUT2D eigenvalue weighted by molar-refractivity contribution is 0.456. The number of nitrogen functional groups attached to an aromatic ring is 1. The summed E-state index contributed by atoms with van der Waals surface area (Å²) in [7, 11) is -3.89. The van der Waals surface area contributed by atoms with Crippen molar-refractivity contribution in [3.8, 4) is 6.01 Å². The summed E-state index contributed by atoms with van der Waals surface area (Å²) in [4.78, 5) is 3.74. The standard InChI is InChI=1S/C10H11N3O3S/c1-8-2-4-9(5-3-8)17(14,15)16-10-12-6-7-13(10)11/h2-7H,11H2,1H3. The van der Waals surface area contributed by atoms with Gasteiger partial charge in [-0.1, -0.05) is 17.7 Å². The van der Waals surface area contributed by atoms with Crippen molar-refractivity contribution in [3.63, 3.8) is 0 Å². The van der Waals surface area contributed by atoms with E-state index >= 15 is 0 Å². The van der Waals surface area contributed by atoms with Crippen LogP contribution >= 0.6 is 0 Å². The minimum atomic E-state index is -3.89. The summed E-state index contributed by atoms with van der Waals surface area (Å²) in [6.07, 6.45) is 2.74. The van der Waals surface area contributed by atoms with E-state index in [1.807, 2.05) is 6.92 Å². The number of nitrogens with two attached hydrogens (primary N) is 1. The van der Waals surface area contributed by atoms with Gasteiger partial charge in [-0.3, -0.25) is 0 Å². The van der Waals surface area contributed by atoms with E-state index < -0.39 is 10.1 Å². The molecule has 0 aliphatic carbocycles. The second-order valence-corrected chi connectivity index (χ2v) is 5.01. The molecule has 0 atom stereocenters. The van der Waals surface area contributed by atoms with Gasteiger partial charge in [0.15, 0.2) is 0 Å². The predicted octanol–water partition coefficient (Wildman–Crippen LogP) is 0.673. The highest BCUT2D eigenvalue weighted by molar-refractivity contribution is 7.87. The highest BCUT2D eigenvalue weighted by atomic mass is 32.2. The summed E-state index contributed by atoms with van der Waals surface area (Å²) in [6.45, 7) is 1.86. The molecule has 1 heterocycles. The van der Waals surface area contributed by atoms with E-state index in [-0.39, 0.29) is 10.9 Å². The number of hydrogen-bond acceptors (Lipinski definition) is 5. The van der Waals surface area contributed by atoms with Gasteiger partial charge in [0.1, 0.15) is 4.90 Å². The van der Waals surface area contributed by atoms with Crippen molar-refractivity contribution in [3.05, 3.63) is 42.2 Å². The molecule has 0 amide bonds. The molecule has 0 bridgehead atoms. The summed E-state index contributed by atoms with van der Waals surface area (Å²) < 4.78 is 29.5. The Bertz CT molecular complexity index is 617. The van der Waals surface area contributed by atoms with E-state index in [2.05, 4.69) is 4.98 Å². The van der Waals surface area contributed by atoms with Gasteiger partial charge in [0.2, 0.25) is 0 Å². The van der Waals surface area contributed by atoms with Crippen molar-refractivity contribution in [2.45, 2.75) is 11.8 Å². The van der Waals surface area contributed by atoms with E-state index in [0.29, 0.717) is 0 Å². The molecule has 0 aliphatic heterocycles. The van der Waals surface area contributed by atoms with Crippen LogP contribution in [0, 0.1) is 6.92 Å². The molecule has 90 valence electrons. The van der Waals surface area contributed by atoms with E-state index in [0.717, 1.165) is 10.2 Å². The fraction of sp³-hybridized carbons (Fsp3) is 0.100. The van der Waals surface area contributed by atoms with Gasteiger partial charge < -0.3 is 10.0 Å². The maximum atomic E-state index is 11.8. The van der Waals surface area contributed by atoms with Crippen molar-refractivity contribution in [2.24, 2.45) is 0 Å². The zero-order chi connectivity index (χ0) is 12.5. The van der Waals surface area contributed by atoms with Crippen LogP contribution in [0.25, 0.3) is 0 Å². The van der Waals surface area contributed by atoms with Crippen LogP contribution in [0.1, 0.15) is 5.56 Å². The Hall–Kier alpha value is -2.02. The average molecular weight is 253 g/mol. The summed E-state index contributed by atoms with van der Waals surface area (Å²) in [5.74, 6) is 5.41. The van der Waals surface area contributed by atoms with Gasteiger partial charge in [-0.15, -0.1) is 0 Å². The molecular formula is C10H11N3O3S. The van der Waals surface area contributed by atoms with Crippen LogP contribution in [-0.2, 0) is 10.1 Å². The van der Waals surface area contributed by atoms with Crippen LogP contribution in [0.15, 0.2) is 41.6 Å². The first-order valence-electron chi connectivity index (χ1n) is 4.78. The highest BCUT2D eigenvalue weighted by Crippen LogP contribution is 2.15. The lowest BCUT2D eigenvalue weighted by atomic mass is 10.2. The molecule has 2 rings (SSSR count). The monoisotopic (exact) mass is 253 g/mol. The molecule has 17 heavy (non-hydrogen) atoms. The van der Waals surface area contributed by atoms with E-state index in [1.54, 1.807) is 12.1 Å². The van der Waals surface area contributed by atoms with Crippen LogP contribution < -0.4 is 10.0 Å². The number of aryl methyl sites for hydroxylation is 1. The van der Waals surface area contributed by atoms with Crippen molar-refractivity contribution in [1.82, 2.24) is 9.66 Å². The molecule has 6 nitrogen and oxygen atoms in total. The number of nitrogens with zero attached hydrogens (tertiary/aromatic N) is 2. The third-order valence-corrected chi connectivity index (χ3v) is 3.35. The van der Waals surface area contributed by atoms with Crippen LogP contribution in [-0.4, -0.2) is 18.1 Å². The van der Waals surface area contributed by atoms with Gasteiger partial charge >= 0.3 is 16.1 Å². The average Bonchev–Trinajstić information content (AvgIpc) is 2.64. The maximum absolute atomic E-state index is 11.8. The fourth-order valence-electron chi connectivity index (χ4n) is 1.22. The summed E-state index contributed by atoms with van der Waals surface area (Å²) >= 11 is 0. The highest BCUT2D eigenvalue weighted by Gasteiger charge is 2.18. The van der Waals surface area contributed by atoms with Crippen molar-refractivity contribution >= 4 is 10.1 Å². The molecule has 0 radical (unpaired) electrons. The molecule has 2 N–H and O–H groups in total. The van der Waals surface area contributed by atoms with Gasteiger partial charge in [0, 0.05) is 6.20 Å². The molecule has 1 aromatic heterocycles. The SMILES string of the molecule is Cc1ccc(S(=O)(=O)Oc2nccn2N)cc1. The number of imidazole rings is 1. The van der Waals surface area contributed by atoms with E-state index in [1.165, 1.54) is 24.5 Å². The second kappa shape index (κ2) is 4.10. The van der Waals surface area contributed by atoms with Gasteiger partial charge in [-0.2, -0.15) is 8.42 Å². The van der Waals surface area contributed by atoms with Crippen molar-refractivity contribution < 1.29 is 12.6 Å². The summed E-state index contributed by atoms with van der Waals surface area (Å²) in [5.41, 5.74) is 0.962. The summed E-state index contributed by atoms with van der Waals surface area (Å²) in [5, 5.41) is 0. The van der Waals surface area contributed by atoms with Crippen LogP contribution in [0.4, 0.5) is 0 Å². The van der Waals surface area contributed by atoms with E-state index in [4.69, 9.17) is 10.0 Å². The Kier molecular flexibility index (Phi) is 2.76. The fourth-order valence-corrected chi connectivity index (χ4v) is 2.11. The zero-order valence-corrected chi connectivity index (χ0v) is 9.89. The number of hydrogen-bond donors (Lipinski definition) is 1. The Morgan fingerprint density at radius 1 is 1.29 bits per heavy atom. The normalized spacial score (nSPS) is 11.4. The molecule has 0 spiro atoms. The minimum absolute atomic E-state index is 0.0612. The minimum Gasteiger partial charge on any atom is -0.340 e. The third kappa shape index (κ3) is 2.39. The van der Waals surface area contributed by atoms with Crippen LogP contribution in [0.5, 0.6) is 6.01 Å². The molecular weight excluding hydrogens is 242 g/mol. The van der Waals surface area contributed by atoms with E-state index in [9.17, 15) is 8.42 Å². The van der Waals surface area contributed by atoms with Crippen LogP contribution in [0.2, 0.25) is 0 Å². The first-order chi connectivity index (χ1) is 7.99. The Morgan fingerprint density at radius 3 is 2.47 bits per heavy atom. The first-order valence-corrected chi connectivity index (χ1v) is 6.19. The van der Waals surface area contributed by atoms with Gasteiger partial charge in [-0.25, -0.2) is 9.66 Å². The Morgan fingerprint density at radius 2 is 1.94 bits per heavy atom. The lowest BCUT2D eigenvalue weighted by Crippen LogP contribution is -2.16. The van der Waals surface area contributed by atoms with Crippen molar-refractivity contribution in [1.29, 1.82) is 0 Å². The molecule has 0 fully saturated rings. The lowest BCUT2D eigenvalue weighted by Gasteiger charge is -2.05. The third-order valence-electron chi connectivity index (χ3n) is 2.13. The van der Waals surface area contributed by atoms with Crippen LogP contribution in [0.3, 0.4) is 0 Å². The quantitative estimate of drug-likeness (QED) is 0.641. The smallest absolute Gasteiger partial charge is 0.340 e. The molecule has 0 saturated heterocycles. The predicted molar refractivity (Wildman–Crippen MR) is 61.4 cm³/mol. The maximum Gasteiger partial charge on any atom is 0.341 e. The number of rotatable bonds is 3. The van der Waals surface area contributed by atoms with Gasteiger partial charge in [0.05, 0.1) is 6.20 Å². The Balaban J connectivity index is 2.31. The van der Waals surface area contributed by atoms with Crippen molar-refractivity contribution in [2.75, 3.05) is 5.84 Å². The zero-order valence-electron chi connectivity index (χ0n) is 9.07.